The van der Waals surface area contributed by atoms with Gasteiger partial charge in [-0.2, -0.15) is 4.98 Å². The molecule has 0 aromatic carbocycles. The summed E-state index contributed by atoms with van der Waals surface area (Å²) in [6, 6.07) is 0.176. The van der Waals surface area contributed by atoms with Gasteiger partial charge in [0.1, 0.15) is 6.61 Å². The second-order valence-electron chi connectivity index (χ2n) is 3.08. The topological polar surface area (TPSA) is 89.1 Å². The van der Waals surface area contributed by atoms with Gasteiger partial charge in [0.15, 0.2) is 0 Å². The van der Waals surface area contributed by atoms with E-state index in [1.165, 1.54) is 7.11 Å². The molecule has 7 nitrogen and oxygen atoms in total. The van der Waals surface area contributed by atoms with E-state index in [9.17, 15) is 4.79 Å². The molecule has 1 heterocycles. The van der Waals surface area contributed by atoms with Crippen molar-refractivity contribution in [3.8, 4) is 6.01 Å². The van der Waals surface area contributed by atoms with E-state index in [0.29, 0.717) is 0 Å². The lowest BCUT2D eigenvalue weighted by Gasteiger charge is -2.05. The molecule has 0 fully saturated rings. The highest BCUT2D eigenvalue weighted by Gasteiger charge is 2.07. The van der Waals surface area contributed by atoms with E-state index >= 15 is 0 Å². The molecule has 0 bridgehead atoms. The summed E-state index contributed by atoms with van der Waals surface area (Å²) in [6.45, 7) is 3.69. The zero-order chi connectivity index (χ0) is 11.3. The number of methoxy groups -OCH3 is 1. The van der Waals surface area contributed by atoms with Crippen LogP contribution in [-0.2, 0) is 9.53 Å². The van der Waals surface area contributed by atoms with Crippen molar-refractivity contribution in [2.75, 3.05) is 19.0 Å². The first-order valence-electron chi connectivity index (χ1n) is 4.49. The number of hydrogen-bond donors (Lipinski definition) is 2. The molecule has 2 N–H and O–H groups in total. The number of nitrogens with zero attached hydrogens (tertiary/aromatic N) is 2. The summed E-state index contributed by atoms with van der Waals surface area (Å²) in [5.41, 5.74) is 0. The smallest absolute Gasteiger partial charge is 0.336 e. The van der Waals surface area contributed by atoms with Gasteiger partial charge in [0.25, 0.3) is 5.91 Å². The summed E-state index contributed by atoms with van der Waals surface area (Å²) in [5.74, 6) is -0.0493. The fraction of sp³-hybridized carbons (Fsp3) is 0.625. The summed E-state index contributed by atoms with van der Waals surface area (Å²) in [6.07, 6.45) is 0.0139. The third-order valence-corrected chi connectivity index (χ3v) is 1.45. The highest BCUT2D eigenvalue weighted by Crippen LogP contribution is 2.04. The van der Waals surface area contributed by atoms with Crippen LogP contribution >= 0.6 is 0 Å². The second kappa shape index (κ2) is 5.30. The van der Waals surface area contributed by atoms with E-state index in [4.69, 9.17) is 9.47 Å². The number of aromatic amines is 1. The number of nitrogens with one attached hydrogen (secondary N) is 2. The van der Waals surface area contributed by atoms with Crippen LogP contribution in [0.4, 0.5) is 5.95 Å². The first-order chi connectivity index (χ1) is 7.11. The monoisotopic (exact) mass is 214 g/mol. The number of carbonyl (C=O) groups excluding carboxylic acids is 1. The van der Waals surface area contributed by atoms with Gasteiger partial charge in [-0.05, 0) is 13.8 Å². The molecule has 1 aromatic rings. The lowest BCUT2D eigenvalue weighted by Crippen LogP contribution is -2.21. The fourth-order valence-electron chi connectivity index (χ4n) is 0.804. The number of anilines is 1. The van der Waals surface area contributed by atoms with E-state index in [-0.39, 0.29) is 30.6 Å². The second-order valence-corrected chi connectivity index (χ2v) is 3.08. The third kappa shape index (κ3) is 3.94. The maximum absolute atomic E-state index is 11.2. The minimum Gasteiger partial charge on any atom is -0.466 e. The minimum absolute atomic E-state index is 0.0132. The lowest BCUT2D eigenvalue weighted by molar-refractivity contribution is -0.122. The molecule has 0 aliphatic rings. The summed E-state index contributed by atoms with van der Waals surface area (Å²) in [7, 11) is 1.44. The molecule has 0 radical (unpaired) electrons. The Hall–Kier alpha value is -1.63. The predicted molar refractivity (Wildman–Crippen MR) is 52.7 cm³/mol. The lowest BCUT2D eigenvalue weighted by atomic mass is 10.5. The molecule has 1 aromatic heterocycles. The molecule has 15 heavy (non-hydrogen) atoms. The van der Waals surface area contributed by atoms with Crippen LogP contribution in [-0.4, -0.2) is 40.9 Å². The largest absolute Gasteiger partial charge is 0.466 e. The van der Waals surface area contributed by atoms with Crippen LogP contribution in [0, 0.1) is 0 Å². The molecule has 0 atom stereocenters. The van der Waals surface area contributed by atoms with Gasteiger partial charge < -0.3 is 9.47 Å². The minimum atomic E-state index is -0.289. The normalized spacial score (nSPS) is 10.4. The number of amides is 1. The molecule has 0 spiro atoms. The van der Waals surface area contributed by atoms with Gasteiger partial charge in [0.2, 0.25) is 5.95 Å². The zero-order valence-corrected chi connectivity index (χ0v) is 8.90. The van der Waals surface area contributed by atoms with E-state index in [1.807, 2.05) is 13.8 Å². The highest BCUT2D eigenvalue weighted by atomic mass is 16.5. The van der Waals surface area contributed by atoms with E-state index in [1.54, 1.807) is 0 Å². The Morgan fingerprint density at radius 3 is 2.87 bits per heavy atom. The molecular formula is C8H14N4O3. The molecule has 0 saturated carbocycles. The maximum Gasteiger partial charge on any atom is 0.336 e. The predicted octanol–water partition coefficient (Wildman–Crippen LogP) is 0.177. The number of aromatic nitrogens is 3. The summed E-state index contributed by atoms with van der Waals surface area (Å²) < 4.78 is 9.84. The Labute approximate surface area is 87.2 Å². The van der Waals surface area contributed by atoms with Gasteiger partial charge >= 0.3 is 6.01 Å². The van der Waals surface area contributed by atoms with E-state index in [0.717, 1.165) is 0 Å². The third-order valence-electron chi connectivity index (χ3n) is 1.45. The van der Waals surface area contributed by atoms with Crippen molar-refractivity contribution < 1.29 is 14.3 Å². The van der Waals surface area contributed by atoms with E-state index < -0.39 is 0 Å². The van der Waals surface area contributed by atoms with Crippen molar-refractivity contribution in [2.45, 2.75) is 20.0 Å². The van der Waals surface area contributed by atoms with Crippen molar-refractivity contribution in [1.82, 2.24) is 15.2 Å². The summed E-state index contributed by atoms with van der Waals surface area (Å²) in [4.78, 5) is 15.1. The molecule has 1 rings (SSSR count). The van der Waals surface area contributed by atoms with Crippen LogP contribution in [0.5, 0.6) is 6.01 Å². The molecule has 0 aliphatic carbocycles. The fourth-order valence-corrected chi connectivity index (χ4v) is 0.804. The van der Waals surface area contributed by atoms with Gasteiger partial charge in [-0.15, -0.1) is 5.10 Å². The number of rotatable bonds is 5. The van der Waals surface area contributed by atoms with Crippen molar-refractivity contribution in [1.29, 1.82) is 0 Å². The highest BCUT2D eigenvalue weighted by molar-refractivity contribution is 5.89. The SMILES string of the molecule is COc1n[nH]c(NC(=O)COC(C)C)n1. The van der Waals surface area contributed by atoms with Crippen molar-refractivity contribution in [3.63, 3.8) is 0 Å². The number of H-pyrrole nitrogens is 1. The first-order valence-corrected chi connectivity index (χ1v) is 4.49. The quantitative estimate of drug-likeness (QED) is 0.729. The number of hydrogen-bond acceptors (Lipinski definition) is 5. The van der Waals surface area contributed by atoms with Crippen LogP contribution < -0.4 is 10.1 Å². The van der Waals surface area contributed by atoms with E-state index in [2.05, 4.69) is 20.5 Å². The number of ether oxygens (including phenoxy) is 2. The summed E-state index contributed by atoms with van der Waals surface area (Å²) in [5, 5.41) is 8.65. The zero-order valence-electron chi connectivity index (χ0n) is 8.90. The molecule has 0 saturated heterocycles. The molecule has 84 valence electrons. The first kappa shape index (κ1) is 11.4. The molecule has 1 amide bonds. The van der Waals surface area contributed by atoms with Crippen molar-refractivity contribution in [2.24, 2.45) is 0 Å². The Morgan fingerprint density at radius 1 is 1.60 bits per heavy atom. The van der Waals surface area contributed by atoms with Gasteiger partial charge in [-0.3, -0.25) is 10.1 Å². The van der Waals surface area contributed by atoms with Gasteiger partial charge in [0, 0.05) is 0 Å². The van der Waals surface area contributed by atoms with Gasteiger partial charge in [-0.25, -0.2) is 5.10 Å². The Bertz CT molecular complexity index is 323. The average molecular weight is 214 g/mol. The molecular weight excluding hydrogens is 200 g/mol. The van der Waals surface area contributed by atoms with Crippen molar-refractivity contribution in [3.05, 3.63) is 0 Å². The average Bonchev–Trinajstić information content (AvgIpc) is 2.62. The number of carbonyl (C=O) groups is 1. The molecule has 0 aliphatic heterocycles. The Kier molecular flexibility index (Phi) is 4.04. The van der Waals surface area contributed by atoms with Gasteiger partial charge in [-0.1, -0.05) is 0 Å². The molecule has 0 unspecified atom stereocenters. The van der Waals surface area contributed by atoms with Crippen LogP contribution in [0.1, 0.15) is 13.8 Å². The molecule has 7 heteroatoms. The van der Waals surface area contributed by atoms with Crippen LogP contribution in [0.15, 0.2) is 0 Å². The van der Waals surface area contributed by atoms with Crippen LogP contribution in [0.25, 0.3) is 0 Å². The maximum atomic E-state index is 11.2. The van der Waals surface area contributed by atoms with Crippen LogP contribution in [0.2, 0.25) is 0 Å². The van der Waals surface area contributed by atoms with Crippen molar-refractivity contribution >= 4 is 11.9 Å². The Morgan fingerprint density at radius 2 is 2.33 bits per heavy atom. The Balaban J connectivity index is 2.37. The standard InChI is InChI=1S/C8H14N4O3/c1-5(2)15-4-6(13)9-7-10-8(14-3)12-11-7/h5H,4H2,1-3H3,(H2,9,10,11,12,13). The van der Waals surface area contributed by atoms with Gasteiger partial charge in [0.05, 0.1) is 13.2 Å². The summed E-state index contributed by atoms with van der Waals surface area (Å²) >= 11 is 0. The van der Waals surface area contributed by atoms with Crippen LogP contribution in [0.3, 0.4) is 0 Å².